The van der Waals surface area contributed by atoms with Crippen LogP contribution in [0.15, 0.2) is 85.3 Å². The highest BCUT2D eigenvalue weighted by molar-refractivity contribution is 6.11. The summed E-state index contributed by atoms with van der Waals surface area (Å²) in [6.45, 7) is 0. The molecular weight excluding hydrogens is 364 g/mol. The van der Waals surface area contributed by atoms with Crippen LogP contribution < -0.4 is 5.32 Å². The number of aromatic nitrogens is 5. The van der Waals surface area contributed by atoms with E-state index in [1.165, 1.54) is 0 Å². The van der Waals surface area contributed by atoms with Gasteiger partial charge in [0, 0.05) is 18.1 Å². The van der Waals surface area contributed by atoms with Gasteiger partial charge in [-0.05, 0) is 42.5 Å². The van der Waals surface area contributed by atoms with E-state index in [9.17, 15) is 4.79 Å². The number of amides is 1. The van der Waals surface area contributed by atoms with Gasteiger partial charge in [-0.15, -0.1) is 0 Å². The average Bonchev–Trinajstić information content (AvgIpc) is 3.41. The molecule has 0 saturated carbocycles. The van der Waals surface area contributed by atoms with Crippen LogP contribution in [0.2, 0.25) is 0 Å². The van der Waals surface area contributed by atoms with Crippen LogP contribution in [0, 0.1) is 0 Å². The van der Waals surface area contributed by atoms with Gasteiger partial charge < -0.3 is 10.3 Å². The van der Waals surface area contributed by atoms with Gasteiger partial charge in [-0.3, -0.25) is 9.78 Å². The van der Waals surface area contributed by atoms with Crippen molar-refractivity contribution in [3.8, 4) is 17.2 Å². The maximum Gasteiger partial charge on any atom is 0.257 e. The van der Waals surface area contributed by atoms with Crippen molar-refractivity contribution in [3.63, 3.8) is 0 Å². The highest BCUT2D eigenvalue weighted by Gasteiger charge is 2.17. The van der Waals surface area contributed by atoms with Crippen molar-refractivity contribution in [2.45, 2.75) is 0 Å². The number of carbonyl (C=O) groups is 1. The van der Waals surface area contributed by atoms with Gasteiger partial charge in [-0.25, -0.2) is 9.67 Å². The van der Waals surface area contributed by atoms with Crippen LogP contribution in [0.3, 0.4) is 0 Å². The third-order valence-corrected chi connectivity index (χ3v) is 4.58. The fourth-order valence-corrected chi connectivity index (χ4v) is 3.23. The van der Waals surface area contributed by atoms with Gasteiger partial charge in [0.25, 0.3) is 5.91 Å². The number of hydrogen-bond acceptors (Lipinski definition) is 4. The Balaban J connectivity index is 1.55. The third-order valence-electron chi connectivity index (χ3n) is 4.58. The van der Waals surface area contributed by atoms with Gasteiger partial charge in [-0.1, -0.05) is 24.3 Å². The predicted octanol–water partition coefficient (Wildman–Crippen LogP) is 4.06. The number of nitrogens with one attached hydrogen (secondary N) is 2. The second kappa shape index (κ2) is 7.05. The summed E-state index contributed by atoms with van der Waals surface area (Å²) >= 11 is 0. The standard InChI is InChI=1S/C22H16N6O/c29-22(25-15-9-12-23-13-10-15)17-7-4-8-18-20(17)27-21(26-18)19-11-14-24-28(19)16-5-2-1-3-6-16/h1-14H,(H,26,27)(H,23,25,29). The average molecular weight is 380 g/mol. The first-order chi connectivity index (χ1) is 14.3. The molecule has 2 aromatic carbocycles. The van der Waals surface area contributed by atoms with Crippen LogP contribution in [0.25, 0.3) is 28.2 Å². The van der Waals surface area contributed by atoms with Crippen LogP contribution in [0.4, 0.5) is 5.69 Å². The summed E-state index contributed by atoms with van der Waals surface area (Å²) < 4.78 is 1.81. The summed E-state index contributed by atoms with van der Waals surface area (Å²) in [5, 5.41) is 7.30. The van der Waals surface area contributed by atoms with Crippen molar-refractivity contribution in [2.75, 3.05) is 5.32 Å². The summed E-state index contributed by atoms with van der Waals surface area (Å²) in [5.74, 6) is 0.418. The van der Waals surface area contributed by atoms with E-state index in [1.807, 2.05) is 53.2 Å². The predicted molar refractivity (Wildman–Crippen MR) is 111 cm³/mol. The van der Waals surface area contributed by atoms with E-state index >= 15 is 0 Å². The molecule has 0 aliphatic rings. The first kappa shape index (κ1) is 16.9. The van der Waals surface area contributed by atoms with E-state index in [-0.39, 0.29) is 5.91 Å². The van der Waals surface area contributed by atoms with Crippen molar-refractivity contribution in [1.29, 1.82) is 0 Å². The summed E-state index contributed by atoms with van der Waals surface area (Å²) in [5.41, 5.74) is 4.31. The van der Waals surface area contributed by atoms with Gasteiger partial charge in [0.15, 0.2) is 5.82 Å². The number of carbonyl (C=O) groups excluding carboxylic acids is 1. The summed E-state index contributed by atoms with van der Waals surface area (Å²) in [4.78, 5) is 24.8. The Morgan fingerprint density at radius 2 is 1.72 bits per heavy atom. The topological polar surface area (TPSA) is 88.5 Å². The van der Waals surface area contributed by atoms with Crippen LogP contribution in [0.5, 0.6) is 0 Å². The van der Waals surface area contributed by atoms with Crippen molar-refractivity contribution >= 4 is 22.6 Å². The molecule has 0 unspecified atom stereocenters. The first-order valence-corrected chi connectivity index (χ1v) is 9.09. The van der Waals surface area contributed by atoms with E-state index < -0.39 is 0 Å². The van der Waals surface area contributed by atoms with Crippen molar-refractivity contribution in [3.05, 3.63) is 90.9 Å². The lowest BCUT2D eigenvalue weighted by Gasteiger charge is -2.05. The van der Waals surface area contributed by atoms with Gasteiger partial charge in [0.1, 0.15) is 11.2 Å². The molecule has 5 aromatic rings. The number of fused-ring (bicyclic) bond motifs is 1. The fraction of sp³-hybridized carbons (Fsp3) is 0. The molecule has 0 spiro atoms. The zero-order chi connectivity index (χ0) is 19.6. The number of nitrogens with zero attached hydrogens (tertiary/aromatic N) is 4. The van der Waals surface area contributed by atoms with E-state index in [0.29, 0.717) is 22.6 Å². The molecule has 2 N–H and O–H groups in total. The molecular formula is C22H16N6O. The zero-order valence-corrected chi connectivity index (χ0v) is 15.3. The van der Waals surface area contributed by atoms with Crippen LogP contribution in [-0.2, 0) is 0 Å². The number of pyridine rings is 1. The molecule has 0 aliphatic carbocycles. The Morgan fingerprint density at radius 3 is 2.55 bits per heavy atom. The SMILES string of the molecule is O=C(Nc1ccncc1)c1cccc2[nH]c(-c3ccnn3-c3ccccc3)nc12. The quantitative estimate of drug-likeness (QED) is 0.492. The lowest BCUT2D eigenvalue weighted by Crippen LogP contribution is -2.12. The Bertz CT molecular complexity index is 1290. The number of para-hydroxylation sites is 2. The lowest BCUT2D eigenvalue weighted by atomic mass is 10.1. The van der Waals surface area contributed by atoms with Gasteiger partial charge in [0.05, 0.1) is 23.0 Å². The molecule has 3 aromatic heterocycles. The molecule has 7 heteroatoms. The third kappa shape index (κ3) is 3.14. The maximum absolute atomic E-state index is 12.8. The molecule has 3 heterocycles. The van der Waals surface area contributed by atoms with Crippen LogP contribution in [0.1, 0.15) is 10.4 Å². The first-order valence-electron chi connectivity index (χ1n) is 9.09. The van der Waals surface area contributed by atoms with Crippen molar-refractivity contribution in [2.24, 2.45) is 0 Å². The number of H-pyrrole nitrogens is 1. The smallest absolute Gasteiger partial charge is 0.257 e. The van der Waals surface area contributed by atoms with E-state index in [4.69, 9.17) is 4.98 Å². The minimum atomic E-state index is -0.226. The molecule has 0 aliphatic heterocycles. The Hall–Kier alpha value is -4.26. The number of hydrogen-bond donors (Lipinski definition) is 2. The Kier molecular flexibility index (Phi) is 4.10. The molecule has 0 radical (unpaired) electrons. The molecule has 140 valence electrons. The molecule has 0 fully saturated rings. The second-order valence-corrected chi connectivity index (χ2v) is 6.44. The molecule has 5 rings (SSSR count). The number of rotatable bonds is 4. The van der Waals surface area contributed by atoms with E-state index in [0.717, 1.165) is 16.9 Å². The van der Waals surface area contributed by atoms with E-state index in [1.54, 1.807) is 36.8 Å². The number of imidazole rings is 1. The normalized spacial score (nSPS) is 10.9. The number of anilines is 1. The molecule has 0 bridgehead atoms. The lowest BCUT2D eigenvalue weighted by molar-refractivity contribution is 0.102. The van der Waals surface area contributed by atoms with E-state index in [2.05, 4.69) is 20.4 Å². The molecule has 7 nitrogen and oxygen atoms in total. The summed E-state index contributed by atoms with van der Waals surface area (Å²) in [7, 11) is 0. The van der Waals surface area contributed by atoms with Crippen LogP contribution in [-0.4, -0.2) is 30.6 Å². The Labute approximate surface area is 166 Å². The molecule has 0 atom stereocenters. The highest BCUT2D eigenvalue weighted by Crippen LogP contribution is 2.25. The fourth-order valence-electron chi connectivity index (χ4n) is 3.23. The van der Waals surface area contributed by atoms with Gasteiger partial charge >= 0.3 is 0 Å². The Morgan fingerprint density at radius 1 is 0.897 bits per heavy atom. The second-order valence-electron chi connectivity index (χ2n) is 6.44. The largest absolute Gasteiger partial charge is 0.337 e. The minimum absolute atomic E-state index is 0.226. The van der Waals surface area contributed by atoms with Gasteiger partial charge in [0.2, 0.25) is 0 Å². The maximum atomic E-state index is 12.8. The van der Waals surface area contributed by atoms with Gasteiger partial charge in [-0.2, -0.15) is 5.10 Å². The number of benzene rings is 2. The minimum Gasteiger partial charge on any atom is -0.337 e. The van der Waals surface area contributed by atoms with Crippen molar-refractivity contribution < 1.29 is 4.79 Å². The summed E-state index contributed by atoms with van der Waals surface area (Å²) in [6.07, 6.45) is 4.99. The summed E-state index contributed by atoms with van der Waals surface area (Å²) in [6, 6.07) is 20.7. The van der Waals surface area contributed by atoms with Crippen LogP contribution >= 0.6 is 0 Å². The molecule has 0 saturated heterocycles. The molecule has 29 heavy (non-hydrogen) atoms. The molecule has 1 amide bonds. The highest BCUT2D eigenvalue weighted by atomic mass is 16.1. The zero-order valence-electron chi connectivity index (χ0n) is 15.3. The monoisotopic (exact) mass is 380 g/mol. The number of aromatic amines is 1. The van der Waals surface area contributed by atoms with Crippen molar-refractivity contribution in [1.82, 2.24) is 24.7 Å².